The summed E-state index contributed by atoms with van der Waals surface area (Å²) in [5.41, 5.74) is -0.0137. The maximum Gasteiger partial charge on any atom is 0.303 e. The van der Waals surface area contributed by atoms with Gasteiger partial charge in [0.25, 0.3) is 0 Å². The molecule has 0 aliphatic heterocycles. The molecule has 0 radical (unpaired) electrons. The second-order valence-electron chi connectivity index (χ2n) is 3.82. The minimum Gasteiger partial charge on any atom is -0.481 e. The van der Waals surface area contributed by atoms with E-state index < -0.39 is 5.97 Å². The number of hydrogen-bond donors (Lipinski definition) is 1. The number of carboxylic acids is 1. The Kier molecular flexibility index (Phi) is 3.87. The largest absolute Gasteiger partial charge is 0.481 e. The fraction of sp³-hybridized carbons (Fsp3) is 0.875. The highest BCUT2D eigenvalue weighted by atomic mass is 35.5. The molecule has 0 amide bonds. The van der Waals surface area contributed by atoms with Crippen molar-refractivity contribution in [3.8, 4) is 0 Å². The number of rotatable bonds is 3. The van der Waals surface area contributed by atoms with E-state index in [1.807, 2.05) is 20.8 Å². The van der Waals surface area contributed by atoms with Gasteiger partial charge in [-0.2, -0.15) is 0 Å². The van der Waals surface area contributed by atoms with E-state index >= 15 is 0 Å². The van der Waals surface area contributed by atoms with Crippen molar-refractivity contribution in [1.82, 2.24) is 0 Å². The summed E-state index contributed by atoms with van der Waals surface area (Å²) in [5, 5.41) is 8.52. The van der Waals surface area contributed by atoms with Crippen molar-refractivity contribution in [2.45, 2.75) is 27.2 Å². The first-order valence-electron chi connectivity index (χ1n) is 3.65. The van der Waals surface area contributed by atoms with Gasteiger partial charge >= 0.3 is 5.97 Å². The molecule has 0 aromatic carbocycles. The van der Waals surface area contributed by atoms with Gasteiger partial charge in [0.05, 0.1) is 0 Å². The van der Waals surface area contributed by atoms with Gasteiger partial charge in [0.2, 0.25) is 0 Å². The predicted molar refractivity (Wildman–Crippen MR) is 45.9 cm³/mol. The van der Waals surface area contributed by atoms with Crippen LogP contribution < -0.4 is 0 Å². The molecule has 0 spiro atoms. The second-order valence-corrected chi connectivity index (χ2v) is 4.12. The van der Waals surface area contributed by atoms with Crippen LogP contribution in [0.4, 0.5) is 0 Å². The first kappa shape index (κ1) is 10.8. The predicted octanol–water partition coefficient (Wildman–Crippen LogP) is 2.36. The Morgan fingerprint density at radius 3 is 2.09 bits per heavy atom. The average Bonchev–Trinajstić information content (AvgIpc) is 1.79. The van der Waals surface area contributed by atoms with Gasteiger partial charge in [-0.3, -0.25) is 4.79 Å². The Morgan fingerprint density at radius 2 is 2.00 bits per heavy atom. The van der Waals surface area contributed by atoms with Crippen molar-refractivity contribution in [1.29, 1.82) is 0 Å². The zero-order valence-corrected chi connectivity index (χ0v) is 7.98. The summed E-state index contributed by atoms with van der Waals surface area (Å²) in [6.45, 7) is 6.01. The van der Waals surface area contributed by atoms with E-state index in [0.29, 0.717) is 5.88 Å². The summed E-state index contributed by atoms with van der Waals surface area (Å²) >= 11 is 5.63. The number of carbonyl (C=O) groups is 1. The lowest BCUT2D eigenvalue weighted by molar-refractivity contribution is -0.138. The minimum absolute atomic E-state index is 0.0137. The molecule has 3 heteroatoms. The second kappa shape index (κ2) is 3.96. The first-order valence-corrected chi connectivity index (χ1v) is 4.19. The Morgan fingerprint density at radius 1 is 1.55 bits per heavy atom. The van der Waals surface area contributed by atoms with E-state index in [-0.39, 0.29) is 17.8 Å². The van der Waals surface area contributed by atoms with Crippen LogP contribution in [0.5, 0.6) is 0 Å². The van der Waals surface area contributed by atoms with Gasteiger partial charge in [-0.1, -0.05) is 20.8 Å². The third-order valence-electron chi connectivity index (χ3n) is 1.83. The molecule has 0 rings (SSSR count). The van der Waals surface area contributed by atoms with Gasteiger partial charge in [0.1, 0.15) is 0 Å². The smallest absolute Gasteiger partial charge is 0.303 e. The molecule has 0 aromatic rings. The molecular formula is C8H15ClO2. The molecule has 0 heterocycles. The van der Waals surface area contributed by atoms with Gasteiger partial charge in [-0.05, 0) is 11.3 Å². The van der Waals surface area contributed by atoms with Crippen LogP contribution in [0.2, 0.25) is 0 Å². The van der Waals surface area contributed by atoms with Crippen LogP contribution in [0.15, 0.2) is 0 Å². The van der Waals surface area contributed by atoms with Gasteiger partial charge in [0, 0.05) is 12.3 Å². The van der Waals surface area contributed by atoms with Crippen LogP contribution in [0.25, 0.3) is 0 Å². The molecule has 0 fully saturated rings. The van der Waals surface area contributed by atoms with Crippen LogP contribution in [-0.2, 0) is 4.79 Å². The summed E-state index contributed by atoms with van der Waals surface area (Å²) in [5.74, 6) is -0.303. The number of aliphatic carboxylic acids is 1. The average molecular weight is 179 g/mol. The van der Waals surface area contributed by atoms with E-state index in [9.17, 15) is 4.79 Å². The van der Waals surface area contributed by atoms with E-state index in [4.69, 9.17) is 16.7 Å². The Balaban J connectivity index is 4.07. The van der Waals surface area contributed by atoms with Crippen molar-refractivity contribution < 1.29 is 9.90 Å². The summed E-state index contributed by atoms with van der Waals surface area (Å²) in [7, 11) is 0. The van der Waals surface area contributed by atoms with Crippen molar-refractivity contribution >= 4 is 17.6 Å². The standard InChI is InChI=1S/C8H15ClO2/c1-8(2,3)6(5-9)4-7(10)11/h6H,4-5H2,1-3H3,(H,10,11). The quantitative estimate of drug-likeness (QED) is 0.674. The molecular weight excluding hydrogens is 164 g/mol. The normalized spacial score (nSPS) is 14.5. The monoisotopic (exact) mass is 178 g/mol. The van der Waals surface area contributed by atoms with Crippen molar-refractivity contribution in [3.63, 3.8) is 0 Å². The van der Waals surface area contributed by atoms with Gasteiger partial charge in [-0.25, -0.2) is 0 Å². The summed E-state index contributed by atoms with van der Waals surface area (Å²) < 4.78 is 0. The molecule has 0 saturated heterocycles. The highest BCUT2D eigenvalue weighted by Gasteiger charge is 2.25. The third-order valence-corrected chi connectivity index (χ3v) is 2.20. The molecule has 2 nitrogen and oxygen atoms in total. The van der Waals surface area contributed by atoms with Crippen LogP contribution in [0, 0.1) is 11.3 Å². The molecule has 1 atom stereocenters. The summed E-state index contributed by atoms with van der Waals surface area (Å²) in [6, 6.07) is 0. The van der Waals surface area contributed by atoms with Crippen molar-refractivity contribution in [2.75, 3.05) is 5.88 Å². The van der Waals surface area contributed by atoms with E-state index in [1.165, 1.54) is 0 Å². The molecule has 1 unspecified atom stereocenters. The Hall–Kier alpha value is -0.240. The first-order chi connectivity index (χ1) is 4.88. The fourth-order valence-electron chi connectivity index (χ4n) is 0.803. The Bertz CT molecular complexity index is 138. The molecule has 0 aliphatic rings. The lowest BCUT2D eigenvalue weighted by Crippen LogP contribution is -2.24. The van der Waals surface area contributed by atoms with Gasteiger partial charge < -0.3 is 5.11 Å². The Labute approximate surface area is 72.6 Å². The van der Waals surface area contributed by atoms with E-state index in [1.54, 1.807) is 0 Å². The van der Waals surface area contributed by atoms with Crippen LogP contribution in [-0.4, -0.2) is 17.0 Å². The van der Waals surface area contributed by atoms with Gasteiger partial charge in [0.15, 0.2) is 0 Å². The molecule has 0 aliphatic carbocycles. The highest BCUT2D eigenvalue weighted by Crippen LogP contribution is 2.29. The summed E-state index contributed by atoms with van der Waals surface area (Å²) in [6.07, 6.45) is 0.160. The number of hydrogen-bond acceptors (Lipinski definition) is 1. The minimum atomic E-state index is -0.773. The number of alkyl halides is 1. The maximum atomic E-state index is 10.4. The lowest BCUT2D eigenvalue weighted by Gasteiger charge is -2.27. The topological polar surface area (TPSA) is 37.3 Å². The lowest BCUT2D eigenvalue weighted by atomic mass is 9.80. The van der Waals surface area contributed by atoms with Gasteiger partial charge in [-0.15, -0.1) is 11.6 Å². The highest BCUT2D eigenvalue weighted by molar-refractivity contribution is 6.18. The SMILES string of the molecule is CC(C)(C)C(CCl)CC(=O)O. The number of carboxylic acid groups (broad SMARTS) is 1. The summed E-state index contributed by atoms with van der Waals surface area (Å²) in [4.78, 5) is 10.4. The molecule has 0 saturated carbocycles. The van der Waals surface area contributed by atoms with E-state index in [2.05, 4.69) is 0 Å². The van der Waals surface area contributed by atoms with E-state index in [0.717, 1.165) is 0 Å². The fourth-order valence-corrected chi connectivity index (χ4v) is 1.38. The van der Waals surface area contributed by atoms with Crippen LogP contribution >= 0.6 is 11.6 Å². The zero-order chi connectivity index (χ0) is 9.07. The molecule has 0 bridgehead atoms. The zero-order valence-electron chi connectivity index (χ0n) is 7.22. The van der Waals surface area contributed by atoms with Crippen LogP contribution in [0.1, 0.15) is 27.2 Å². The maximum absolute atomic E-state index is 10.4. The van der Waals surface area contributed by atoms with Crippen molar-refractivity contribution in [2.24, 2.45) is 11.3 Å². The van der Waals surface area contributed by atoms with Crippen LogP contribution in [0.3, 0.4) is 0 Å². The third kappa shape index (κ3) is 4.25. The molecule has 0 aromatic heterocycles. The molecule has 1 N–H and O–H groups in total. The van der Waals surface area contributed by atoms with Crippen molar-refractivity contribution in [3.05, 3.63) is 0 Å². The molecule has 66 valence electrons. The molecule has 11 heavy (non-hydrogen) atoms. The number of halogens is 1.